The number of nitrogens with one attached hydrogen (secondary N) is 2. The van der Waals surface area contributed by atoms with Gasteiger partial charge in [0, 0.05) is 16.8 Å². The number of pyridine rings is 1. The maximum Gasteiger partial charge on any atom is 0.244 e. The average molecular weight is 487 g/mol. The summed E-state index contributed by atoms with van der Waals surface area (Å²) >= 11 is 7.20. The van der Waals surface area contributed by atoms with Gasteiger partial charge < -0.3 is 20.0 Å². The minimum Gasteiger partial charge on any atom is -0.452 e. The number of amides is 1. The molecule has 2 aromatic heterocycles. The number of hydrogen-bond acceptors (Lipinski definition) is 5. The zero-order valence-corrected chi connectivity index (χ0v) is 19.8. The molecule has 0 saturated carbocycles. The molecule has 170 valence electrons. The molecule has 0 spiro atoms. The van der Waals surface area contributed by atoms with Crippen LogP contribution >= 0.6 is 24.0 Å². The maximum atomic E-state index is 12.9. The standard InChI is InChI=1S/C26H22N4O2S2/c31-22(28-18-9-3-1-4-10-18)17-30-25(24(29-26(30)33)20-13-7-8-16-27-20)21-14-15-23(32-21)34-19-11-5-2-6-12-19/h1-16,24-25H,17H2,(H,28,31)(H,29,33). The largest absolute Gasteiger partial charge is 0.452 e. The molecule has 0 bridgehead atoms. The van der Waals surface area contributed by atoms with Gasteiger partial charge in [-0.15, -0.1) is 0 Å². The smallest absolute Gasteiger partial charge is 0.244 e. The summed E-state index contributed by atoms with van der Waals surface area (Å²) in [5.74, 6) is 0.557. The highest BCUT2D eigenvalue weighted by molar-refractivity contribution is 7.99. The van der Waals surface area contributed by atoms with Crippen LogP contribution in [0.25, 0.3) is 0 Å². The number of furan rings is 1. The molecular weight excluding hydrogens is 464 g/mol. The van der Waals surface area contributed by atoms with E-state index in [4.69, 9.17) is 16.6 Å². The highest BCUT2D eigenvalue weighted by Crippen LogP contribution is 2.41. The third-order valence-corrected chi connectivity index (χ3v) is 6.71. The molecule has 1 saturated heterocycles. The number of anilines is 1. The lowest BCUT2D eigenvalue weighted by Crippen LogP contribution is -2.36. The van der Waals surface area contributed by atoms with Crippen molar-refractivity contribution in [1.82, 2.24) is 15.2 Å². The predicted molar refractivity (Wildman–Crippen MR) is 137 cm³/mol. The summed E-state index contributed by atoms with van der Waals surface area (Å²) in [6.07, 6.45) is 1.75. The van der Waals surface area contributed by atoms with Crippen LogP contribution in [-0.4, -0.2) is 27.4 Å². The van der Waals surface area contributed by atoms with E-state index in [-0.39, 0.29) is 24.5 Å². The van der Waals surface area contributed by atoms with Crippen molar-refractivity contribution < 1.29 is 9.21 Å². The molecule has 1 amide bonds. The lowest BCUT2D eigenvalue weighted by Gasteiger charge is -2.25. The first-order chi connectivity index (χ1) is 16.7. The van der Waals surface area contributed by atoms with E-state index in [1.807, 2.05) is 95.9 Å². The number of para-hydroxylation sites is 1. The van der Waals surface area contributed by atoms with Crippen LogP contribution in [-0.2, 0) is 4.79 Å². The Balaban J connectivity index is 1.42. The third kappa shape index (κ3) is 4.98. The SMILES string of the molecule is O=C(CN1C(=S)NC(c2ccccn2)C1c1ccc(Sc2ccccc2)o1)Nc1ccccc1. The maximum absolute atomic E-state index is 12.9. The van der Waals surface area contributed by atoms with E-state index < -0.39 is 0 Å². The fourth-order valence-corrected chi connectivity index (χ4v) is 5.02. The van der Waals surface area contributed by atoms with Crippen LogP contribution in [0.3, 0.4) is 0 Å². The first-order valence-electron chi connectivity index (χ1n) is 10.8. The molecule has 2 aromatic carbocycles. The molecule has 6 nitrogen and oxygen atoms in total. The zero-order valence-electron chi connectivity index (χ0n) is 18.1. The second kappa shape index (κ2) is 10.1. The Morgan fingerprint density at radius 1 is 1.00 bits per heavy atom. The van der Waals surface area contributed by atoms with Crippen LogP contribution in [0.5, 0.6) is 0 Å². The van der Waals surface area contributed by atoms with Crippen molar-refractivity contribution >= 4 is 40.7 Å². The number of benzene rings is 2. The zero-order chi connectivity index (χ0) is 23.3. The minimum atomic E-state index is -0.325. The summed E-state index contributed by atoms with van der Waals surface area (Å²) in [6, 6.07) is 28.5. The average Bonchev–Trinajstić information content (AvgIpc) is 3.45. The molecule has 5 rings (SSSR count). The van der Waals surface area contributed by atoms with E-state index in [0.717, 1.165) is 21.4 Å². The molecule has 2 atom stereocenters. The van der Waals surface area contributed by atoms with Crippen molar-refractivity contribution in [2.24, 2.45) is 0 Å². The van der Waals surface area contributed by atoms with Gasteiger partial charge in [-0.2, -0.15) is 0 Å². The highest BCUT2D eigenvalue weighted by atomic mass is 32.2. The minimum absolute atomic E-state index is 0.0799. The number of rotatable bonds is 7. The van der Waals surface area contributed by atoms with Gasteiger partial charge in [0.15, 0.2) is 10.2 Å². The molecule has 2 N–H and O–H groups in total. The quantitative estimate of drug-likeness (QED) is 0.337. The molecule has 3 heterocycles. The van der Waals surface area contributed by atoms with Gasteiger partial charge in [0.25, 0.3) is 0 Å². The van der Waals surface area contributed by atoms with E-state index >= 15 is 0 Å². The lowest BCUT2D eigenvalue weighted by molar-refractivity contribution is -0.116. The Morgan fingerprint density at radius 2 is 1.74 bits per heavy atom. The summed E-state index contributed by atoms with van der Waals surface area (Å²) in [7, 11) is 0. The van der Waals surface area contributed by atoms with Gasteiger partial charge in [0.1, 0.15) is 18.3 Å². The van der Waals surface area contributed by atoms with E-state index in [1.54, 1.807) is 18.0 Å². The number of hydrogen-bond donors (Lipinski definition) is 2. The highest BCUT2D eigenvalue weighted by Gasteiger charge is 2.42. The fourth-order valence-electron chi connectivity index (χ4n) is 3.91. The van der Waals surface area contributed by atoms with Crippen molar-refractivity contribution in [2.45, 2.75) is 22.1 Å². The number of aromatic nitrogens is 1. The number of carbonyl (C=O) groups excluding carboxylic acids is 1. The lowest BCUT2D eigenvalue weighted by atomic mass is 10.0. The summed E-state index contributed by atoms with van der Waals surface area (Å²) in [5, 5.41) is 7.54. The summed E-state index contributed by atoms with van der Waals surface area (Å²) in [6.45, 7) is 0.0799. The predicted octanol–water partition coefficient (Wildman–Crippen LogP) is 5.44. The topological polar surface area (TPSA) is 70.4 Å². The normalized spacial score (nSPS) is 17.4. The van der Waals surface area contributed by atoms with Crippen molar-refractivity contribution in [2.75, 3.05) is 11.9 Å². The van der Waals surface area contributed by atoms with Gasteiger partial charge in [-0.05, 0) is 60.7 Å². The molecule has 8 heteroatoms. The molecule has 1 aliphatic heterocycles. The molecule has 1 fully saturated rings. The second-order valence-corrected chi connectivity index (χ2v) is 9.21. The Hall–Kier alpha value is -3.62. The first-order valence-corrected chi connectivity index (χ1v) is 12.1. The van der Waals surface area contributed by atoms with Crippen LogP contribution in [0, 0.1) is 0 Å². The number of carbonyl (C=O) groups is 1. The van der Waals surface area contributed by atoms with Crippen molar-refractivity contribution in [3.05, 3.63) is 109 Å². The van der Waals surface area contributed by atoms with E-state index in [0.29, 0.717) is 10.9 Å². The molecule has 0 aliphatic carbocycles. The van der Waals surface area contributed by atoms with Gasteiger partial charge >= 0.3 is 0 Å². The molecule has 2 unspecified atom stereocenters. The summed E-state index contributed by atoms with van der Waals surface area (Å²) in [4.78, 5) is 20.4. The van der Waals surface area contributed by atoms with Gasteiger partial charge in [0.2, 0.25) is 5.91 Å². The molecule has 1 aliphatic rings. The Morgan fingerprint density at radius 3 is 2.47 bits per heavy atom. The third-order valence-electron chi connectivity index (χ3n) is 5.42. The summed E-state index contributed by atoms with van der Waals surface area (Å²) in [5.41, 5.74) is 1.57. The van der Waals surface area contributed by atoms with Crippen LogP contribution in [0.1, 0.15) is 23.5 Å². The Kier molecular flexibility index (Phi) is 6.60. The Labute approximate surface area is 207 Å². The molecule has 0 radical (unpaired) electrons. The van der Waals surface area contributed by atoms with Crippen molar-refractivity contribution in [1.29, 1.82) is 0 Å². The fraction of sp³-hybridized carbons (Fsp3) is 0.115. The van der Waals surface area contributed by atoms with E-state index in [1.165, 1.54) is 0 Å². The first kappa shape index (κ1) is 22.2. The van der Waals surface area contributed by atoms with Crippen molar-refractivity contribution in [3.63, 3.8) is 0 Å². The van der Waals surface area contributed by atoms with Gasteiger partial charge in [-0.1, -0.05) is 54.2 Å². The molecule has 34 heavy (non-hydrogen) atoms. The number of nitrogens with zero attached hydrogens (tertiary/aromatic N) is 2. The Bertz CT molecular complexity index is 1270. The van der Waals surface area contributed by atoms with Gasteiger partial charge in [-0.25, -0.2) is 0 Å². The summed E-state index contributed by atoms with van der Waals surface area (Å²) < 4.78 is 6.26. The van der Waals surface area contributed by atoms with Crippen molar-refractivity contribution in [3.8, 4) is 0 Å². The van der Waals surface area contributed by atoms with Gasteiger partial charge in [-0.3, -0.25) is 9.78 Å². The molecular formula is C26H22N4O2S2. The van der Waals surface area contributed by atoms with E-state index in [9.17, 15) is 4.79 Å². The van der Waals surface area contributed by atoms with Crippen LogP contribution in [0.2, 0.25) is 0 Å². The second-order valence-electron chi connectivity index (χ2n) is 7.74. The van der Waals surface area contributed by atoms with Crippen LogP contribution < -0.4 is 10.6 Å². The van der Waals surface area contributed by atoms with Gasteiger partial charge in [0.05, 0.1) is 11.7 Å². The van der Waals surface area contributed by atoms with E-state index in [2.05, 4.69) is 15.6 Å². The number of thiocarbonyl (C=S) groups is 1. The monoisotopic (exact) mass is 486 g/mol. The van der Waals surface area contributed by atoms with Crippen LogP contribution in [0.4, 0.5) is 5.69 Å². The molecule has 4 aromatic rings. The van der Waals surface area contributed by atoms with Crippen LogP contribution in [0.15, 0.2) is 112 Å².